The van der Waals surface area contributed by atoms with Crippen molar-refractivity contribution < 1.29 is 18.4 Å². The first-order valence-electron chi connectivity index (χ1n) is 11.8. The fraction of sp³-hybridized carbons (Fsp3) is 0.423. The smallest absolute Gasteiger partial charge is 0.320 e. The van der Waals surface area contributed by atoms with E-state index in [1.54, 1.807) is 18.2 Å². The van der Waals surface area contributed by atoms with Crippen LogP contribution < -0.4 is 0 Å². The largest absolute Gasteiger partial charge is 0.473 e. The minimum absolute atomic E-state index is 0.0960. The molecule has 0 unspecified atom stereocenters. The third-order valence-corrected chi connectivity index (χ3v) is 6.26. The van der Waals surface area contributed by atoms with Gasteiger partial charge in [-0.25, -0.2) is 14.2 Å². The lowest BCUT2D eigenvalue weighted by Gasteiger charge is -2.36. The molecule has 7 nitrogen and oxygen atoms in total. The van der Waals surface area contributed by atoms with Crippen LogP contribution in [0.25, 0.3) is 11.3 Å². The summed E-state index contributed by atoms with van der Waals surface area (Å²) in [6, 6.07) is 6.20. The molecule has 0 atom stereocenters. The fourth-order valence-electron chi connectivity index (χ4n) is 4.26. The van der Waals surface area contributed by atoms with Crippen LogP contribution in [0.4, 0.5) is 9.18 Å². The van der Waals surface area contributed by atoms with Gasteiger partial charge >= 0.3 is 6.03 Å². The number of carbonyl (C=O) groups excluding carboxylic acids is 1. The normalized spacial score (nSPS) is 18.5. The van der Waals surface area contributed by atoms with Crippen LogP contribution in [0.1, 0.15) is 43.9 Å². The second-order valence-corrected chi connectivity index (χ2v) is 8.65. The van der Waals surface area contributed by atoms with Gasteiger partial charge in [-0.15, -0.1) is 0 Å². The minimum atomic E-state index is -0.308. The van der Waals surface area contributed by atoms with Gasteiger partial charge in [0.25, 0.3) is 0 Å². The monoisotopic (exact) mass is 466 g/mol. The van der Waals surface area contributed by atoms with Gasteiger partial charge < -0.3 is 19.1 Å². The van der Waals surface area contributed by atoms with Crippen LogP contribution >= 0.6 is 0 Å². The van der Waals surface area contributed by atoms with Gasteiger partial charge in [-0.1, -0.05) is 11.7 Å². The second kappa shape index (κ2) is 10.7. The van der Waals surface area contributed by atoms with Crippen molar-refractivity contribution in [2.45, 2.75) is 46.1 Å². The molecule has 2 fully saturated rings. The molecule has 2 saturated heterocycles. The molecule has 1 aromatic heterocycles. The number of halogens is 1. The summed E-state index contributed by atoms with van der Waals surface area (Å²) in [6.07, 6.45) is 5.77. The summed E-state index contributed by atoms with van der Waals surface area (Å²) in [5.74, 6) is 0.798. The van der Waals surface area contributed by atoms with Crippen molar-refractivity contribution >= 4 is 11.7 Å². The van der Waals surface area contributed by atoms with E-state index in [9.17, 15) is 9.18 Å². The molecular weight excluding hydrogens is 435 g/mol. The van der Waals surface area contributed by atoms with Gasteiger partial charge in [0.2, 0.25) is 5.88 Å². The van der Waals surface area contributed by atoms with Crippen molar-refractivity contribution in [3.8, 4) is 11.3 Å². The molecule has 3 heterocycles. The maximum absolute atomic E-state index is 13.3. The quantitative estimate of drug-likeness (QED) is 0.548. The van der Waals surface area contributed by atoms with Crippen LogP contribution in [0.3, 0.4) is 0 Å². The number of aliphatic imine (C=N–C) groups is 1. The van der Waals surface area contributed by atoms with Crippen molar-refractivity contribution in [2.75, 3.05) is 26.2 Å². The first-order valence-corrected chi connectivity index (χ1v) is 11.8. The van der Waals surface area contributed by atoms with Crippen LogP contribution in [0.15, 0.2) is 57.9 Å². The number of carbonyl (C=O) groups is 1. The van der Waals surface area contributed by atoms with Crippen LogP contribution in [0.5, 0.6) is 0 Å². The number of allylic oxidation sites excluding steroid dienone is 1. The summed E-state index contributed by atoms with van der Waals surface area (Å²) >= 11 is 0. The van der Waals surface area contributed by atoms with E-state index in [1.165, 1.54) is 18.6 Å². The Morgan fingerprint density at radius 2 is 1.94 bits per heavy atom. The SMILES string of the molecule is C=C1CN(C(=O)N2CCCCC2)CC/C1=N/C(=C\C)OCc1c(-c2ccc(F)cc2)noc1C. The van der Waals surface area contributed by atoms with Crippen molar-refractivity contribution in [1.82, 2.24) is 15.0 Å². The number of piperidine rings is 2. The van der Waals surface area contributed by atoms with E-state index in [4.69, 9.17) is 9.26 Å². The van der Waals surface area contributed by atoms with Crippen molar-refractivity contribution in [1.29, 1.82) is 0 Å². The number of nitrogens with zero attached hydrogens (tertiary/aromatic N) is 4. The number of hydrogen-bond donors (Lipinski definition) is 0. The van der Waals surface area contributed by atoms with E-state index in [1.807, 2.05) is 23.6 Å². The molecule has 1 aromatic carbocycles. The molecule has 180 valence electrons. The molecule has 0 radical (unpaired) electrons. The van der Waals surface area contributed by atoms with Gasteiger partial charge in [0.15, 0.2) is 0 Å². The number of aromatic nitrogens is 1. The van der Waals surface area contributed by atoms with Crippen molar-refractivity contribution in [2.24, 2.45) is 4.99 Å². The molecule has 2 amide bonds. The lowest BCUT2D eigenvalue weighted by molar-refractivity contribution is 0.147. The number of ether oxygens (including phenoxy) is 1. The first kappa shape index (κ1) is 23.7. The topological polar surface area (TPSA) is 71.2 Å². The lowest BCUT2D eigenvalue weighted by Crippen LogP contribution is -2.49. The number of amides is 2. The van der Waals surface area contributed by atoms with E-state index < -0.39 is 0 Å². The number of benzene rings is 1. The predicted octanol–water partition coefficient (Wildman–Crippen LogP) is 5.48. The molecule has 0 N–H and O–H groups in total. The molecule has 2 aliphatic heterocycles. The molecule has 34 heavy (non-hydrogen) atoms. The highest BCUT2D eigenvalue weighted by Crippen LogP contribution is 2.27. The maximum atomic E-state index is 13.3. The summed E-state index contributed by atoms with van der Waals surface area (Å²) in [5, 5.41) is 4.12. The Balaban J connectivity index is 1.39. The number of likely N-dealkylation sites (tertiary alicyclic amines) is 2. The van der Waals surface area contributed by atoms with Crippen LogP contribution in [0.2, 0.25) is 0 Å². The standard InChI is InChI=1S/C26H31FN4O3/c1-4-24(33-17-22-19(3)34-29-25(22)20-8-10-21(27)11-9-20)28-23-12-15-31(16-18(23)2)26(32)30-13-6-5-7-14-30/h4,8-11H,2,5-7,12-17H2,1,3H3/b24-4+,28-23-. The molecule has 0 spiro atoms. The molecular formula is C26H31FN4O3. The molecule has 0 aliphatic carbocycles. The predicted molar refractivity (Wildman–Crippen MR) is 129 cm³/mol. The van der Waals surface area contributed by atoms with Crippen molar-refractivity contribution in [3.63, 3.8) is 0 Å². The average Bonchev–Trinajstić information content (AvgIpc) is 3.23. The van der Waals surface area contributed by atoms with Crippen LogP contribution in [-0.2, 0) is 11.3 Å². The van der Waals surface area contributed by atoms with E-state index in [2.05, 4.69) is 16.7 Å². The summed E-state index contributed by atoms with van der Waals surface area (Å²) < 4.78 is 24.7. The van der Waals surface area contributed by atoms with Gasteiger partial charge in [0, 0.05) is 38.2 Å². The molecule has 0 saturated carbocycles. The Morgan fingerprint density at radius 3 is 2.62 bits per heavy atom. The summed E-state index contributed by atoms with van der Waals surface area (Å²) in [7, 11) is 0. The molecule has 0 bridgehead atoms. The zero-order valence-electron chi connectivity index (χ0n) is 19.8. The van der Waals surface area contributed by atoms with E-state index in [-0.39, 0.29) is 18.5 Å². The highest BCUT2D eigenvalue weighted by atomic mass is 19.1. The molecule has 4 rings (SSSR count). The number of rotatable bonds is 5. The van der Waals surface area contributed by atoms with E-state index in [0.717, 1.165) is 48.3 Å². The Kier molecular flexibility index (Phi) is 7.45. The Morgan fingerprint density at radius 1 is 1.21 bits per heavy atom. The average molecular weight is 467 g/mol. The third-order valence-electron chi connectivity index (χ3n) is 6.26. The third kappa shape index (κ3) is 5.38. The summed E-state index contributed by atoms with van der Waals surface area (Å²) in [4.78, 5) is 21.3. The Labute approximate surface area is 199 Å². The fourth-order valence-corrected chi connectivity index (χ4v) is 4.26. The van der Waals surface area contributed by atoms with Crippen molar-refractivity contribution in [3.05, 3.63) is 65.5 Å². The molecule has 2 aliphatic rings. The Hall–Kier alpha value is -3.42. The summed E-state index contributed by atoms with van der Waals surface area (Å²) in [6.45, 7) is 10.8. The first-order chi connectivity index (χ1) is 16.5. The minimum Gasteiger partial charge on any atom is -0.473 e. The van der Waals surface area contributed by atoms with Gasteiger partial charge in [-0.3, -0.25) is 0 Å². The van der Waals surface area contributed by atoms with E-state index >= 15 is 0 Å². The van der Waals surface area contributed by atoms with E-state index in [0.29, 0.717) is 36.8 Å². The van der Waals surface area contributed by atoms with Crippen LogP contribution in [0, 0.1) is 12.7 Å². The Bertz CT molecular complexity index is 1100. The van der Waals surface area contributed by atoms with Gasteiger partial charge in [-0.05, 0) is 69.0 Å². The highest BCUT2D eigenvalue weighted by Gasteiger charge is 2.27. The summed E-state index contributed by atoms with van der Waals surface area (Å²) in [5.41, 5.74) is 3.83. The lowest BCUT2D eigenvalue weighted by atomic mass is 10.0. The second-order valence-electron chi connectivity index (χ2n) is 8.65. The zero-order valence-corrected chi connectivity index (χ0v) is 19.8. The number of aryl methyl sites for hydroxylation is 1. The van der Waals surface area contributed by atoms with Gasteiger partial charge in [0.1, 0.15) is 23.9 Å². The van der Waals surface area contributed by atoms with Gasteiger partial charge in [0.05, 0.1) is 11.3 Å². The number of hydrogen-bond acceptors (Lipinski definition) is 5. The maximum Gasteiger partial charge on any atom is 0.320 e. The zero-order chi connectivity index (χ0) is 24.1. The molecule has 2 aromatic rings. The molecule has 8 heteroatoms. The van der Waals surface area contributed by atoms with Crippen LogP contribution in [-0.4, -0.2) is 52.9 Å². The highest BCUT2D eigenvalue weighted by molar-refractivity contribution is 6.02. The number of urea groups is 1. The van der Waals surface area contributed by atoms with Gasteiger partial charge in [-0.2, -0.15) is 0 Å².